The number of esters is 1. The topological polar surface area (TPSA) is 82.1 Å². The van der Waals surface area contributed by atoms with E-state index in [1.54, 1.807) is 18.2 Å². The molecule has 2 aromatic rings. The van der Waals surface area contributed by atoms with E-state index in [1.807, 2.05) is 0 Å². The first-order chi connectivity index (χ1) is 14.3. The van der Waals surface area contributed by atoms with Gasteiger partial charge in [0.05, 0.1) is 24.7 Å². The average molecular weight is 434 g/mol. The maximum absolute atomic E-state index is 13.0. The molecule has 0 saturated carbocycles. The number of methoxy groups -OCH3 is 2. The van der Waals surface area contributed by atoms with Gasteiger partial charge in [0, 0.05) is 13.1 Å². The van der Waals surface area contributed by atoms with E-state index in [1.165, 1.54) is 42.8 Å². The third-order valence-electron chi connectivity index (χ3n) is 5.14. The van der Waals surface area contributed by atoms with Gasteiger partial charge in [-0.2, -0.15) is 4.31 Å². The predicted octanol–water partition coefficient (Wildman–Crippen LogP) is 3.59. The van der Waals surface area contributed by atoms with Crippen LogP contribution in [0, 0.1) is 11.8 Å². The van der Waals surface area contributed by atoms with Gasteiger partial charge in [-0.05, 0) is 54.7 Å². The lowest BCUT2D eigenvalue weighted by molar-refractivity contribution is 0.0724. The van der Waals surface area contributed by atoms with Crippen molar-refractivity contribution in [3.8, 4) is 17.2 Å². The Morgan fingerprint density at radius 1 is 0.933 bits per heavy atom. The molecule has 0 bridgehead atoms. The summed E-state index contributed by atoms with van der Waals surface area (Å²) in [6, 6.07) is 10.8. The van der Waals surface area contributed by atoms with E-state index in [9.17, 15) is 13.2 Å². The number of sulfonamides is 1. The number of hydrogen-bond acceptors (Lipinski definition) is 6. The van der Waals surface area contributed by atoms with Gasteiger partial charge >= 0.3 is 5.97 Å². The molecule has 0 unspecified atom stereocenters. The fourth-order valence-electron chi connectivity index (χ4n) is 3.78. The summed E-state index contributed by atoms with van der Waals surface area (Å²) in [7, 11) is -0.677. The van der Waals surface area contributed by atoms with Crippen molar-refractivity contribution in [3.05, 3.63) is 48.0 Å². The van der Waals surface area contributed by atoms with Gasteiger partial charge < -0.3 is 14.2 Å². The molecular formula is C22H27NO6S. The van der Waals surface area contributed by atoms with Crippen molar-refractivity contribution < 1.29 is 27.4 Å². The van der Waals surface area contributed by atoms with Crippen LogP contribution < -0.4 is 14.2 Å². The minimum atomic E-state index is -3.61. The summed E-state index contributed by atoms with van der Waals surface area (Å²) < 4.78 is 43.4. The van der Waals surface area contributed by atoms with Gasteiger partial charge in [-0.25, -0.2) is 13.2 Å². The molecule has 0 aliphatic carbocycles. The van der Waals surface area contributed by atoms with Crippen LogP contribution in [0.15, 0.2) is 47.4 Å². The van der Waals surface area contributed by atoms with E-state index in [-0.39, 0.29) is 16.2 Å². The van der Waals surface area contributed by atoms with Gasteiger partial charge in [0.25, 0.3) is 0 Å². The highest BCUT2D eigenvalue weighted by atomic mass is 32.2. The Balaban J connectivity index is 1.80. The van der Waals surface area contributed by atoms with E-state index >= 15 is 0 Å². The van der Waals surface area contributed by atoms with Gasteiger partial charge in [0.1, 0.15) is 0 Å². The van der Waals surface area contributed by atoms with Gasteiger partial charge in [0.15, 0.2) is 11.5 Å². The van der Waals surface area contributed by atoms with Gasteiger partial charge in [0.2, 0.25) is 15.8 Å². The zero-order valence-corrected chi connectivity index (χ0v) is 18.4. The second kappa shape index (κ2) is 9.06. The van der Waals surface area contributed by atoms with Crippen molar-refractivity contribution >= 4 is 16.0 Å². The average Bonchev–Trinajstić information content (AvgIpc) is 2.73. The van der Waals surface area contributed by atoms with Crippen LogP contribution in [0.2, 0.25) is 0 Å². The van der Waals surface area contributed by atoms with Crippen molar-refractivity contribution in [2.45, 2.75) is 25.2 Å². The lowest BCUT2D eigenvalue weighted by Crippen LogP contribution is -2.42. The lowest BCUT2D eigenvalue weighted by Gasteiger charge is -2.34. The molecule has 1 heterocycles. The Morgan fingerprint density at radius 3 is 1.97 bits per heavy atom. The molecule has 1 saturated heterocycles. The number of hydrogen-bond donors (Lipinski definition) is 0. The summed E-state index contributed by atoms with van der Waals surface area (Å²) in [5.74, 6) is 0.871. The number of rotatable bonds is 6. The number of benzene rings is 2. The zero-order valence-electron chi connectivity index (χ0n) is 17.6. The fraction of sp³-hybridized carbons (Fsp3) is 0.409. The molecule has 0 aromatic heterocycles. The van der Waals surface area contributed by atoms with Crippen LogP contribution in [0.25, 0.3) is 0 Å². The molecule has 0 N–H and O–H groups in total. The molecular weight excluding hydrogens is 406 g/mol. The smallest absolute Gasteiger partial charge is 0.343 e. The third kappa shape index (κ3) is 4.60. The number of ether oxygens (including phenoxy) is 3. The Kier molecular flexibility index (Phi) is 6.67. The molecule has 2 atom stereocenters. The molecule has 8 heteroatoms. The van der Waals surface area contributed by atoms with Crippen LogP contribution in [0.3, 0.4) is 0 Å². The monoisotopic (exact) mass is 433 g/mol. The first-order valence-corrected chi connectivity index (χ1v) is 11.2. The summed E-state index contributed by atoms with van der Waals surface area (Å²) in [5.41, 5.74) is 0.224. The first-order valence-electron chi connectivity index (χ1n) is 9.79. The quantitative estimate of drug-likeness (QED) is 0.512. The molecule has 1 aliphatic rings. The van der Waals surface area contributed by atoms with Gasteiger partial charge in [-0.15, -0.1) is 0 Å². The van der Waals surface area contributed by atoms with Crippen molar-refractivity contribution in [1.82, 2.24) is 4.31 Å². The maximum Gasteiger partial charge on any atom is 0.343 e. The number of carbonyl (C=O) groups excluding carboxylic acids is 1. The summed E-state index contributed by atoms with van der Waals surface area (Å²) >= 11 is 0. The van der Waals surface area contributed by atoms with Crippen LogP contribution in [-0.2, 0) is 10.0 Å². The molecule has 1 fully saturated rings. The highest BCUT2D eigenvalue weighted by Gasteiger charge is 2.31. The predicted molar refractivity (Wildman–Crippen MR) is 113 cm³/mol. The Morgan fingerprint density at radius 2 is 1.47 bits per heavy atom. The van der Waals surface area contributed by atoms with E-state index in [0.29, 0.717) is 36.4 Å². The normalized spacial score (nSPS) is 19.9. The van der Waals surface area contributed by atoms with Crippen LogP contribution in [0.4, 0.5) is 0 Å². The number of carbonyl (C=O) groups is 1. The summed E-state index contributed by atoms with van der Waals surface area (Å²) in [6.45, 7) is 5.13. The Hall–Kier alpha value is -2.58. The Bertz CT molecular complexity index is 971. The standard InChI is InChI=1S/C22H27NO6S/c1-15-12-16(2)14-23(13-15)30(25,26)18-10-8-17(9-11-18)22(24)29-21-19(27-3)6-5-7-20(21)28-4/h5-11,15-16H,12-14H2,1-4H3/t15-,16-/m1/s1. The number of para-hydroxylation sites is 1. The maximum atomic E-state index is 13.0. The van der Waals surface area contributed by atoms with Crippen molar-refractivity contribution in [2.75, 3.05) is 27.3 Å². The molecule has 1 aliphatic heterocycles. The highest BCUT2D eigenvalue weighted by Crippen LogP contribution is 2.37. The van der Waals surface area contributed by atoms with Crippen molar-refractivity contribution in [3.63, 3.8) is 0 Å². The van der Waals surface area contributed by atoms with Gasteiger partial charge in [-0.3, -0.25) is 0 Å². The molecule has 2 aromatic carbocycles. The molecule has 30 heavy (non-hydrogen) atoms. The molecule has 3 rings (SSSR count). The third-order valence-corrected chi connectivity index (χ3v) is 6.99. The first kappa shape index (κ1) is 22.1. The van der Waals surface area contributed by atoms with E-state index < -0.39 is 16.0 Å². The van der Waals surface area contributed by atoms with Crippen LogP contribution in [0.5, 0.6) is 17.2 Å². The van der Waals surface area contributed by atoms with Crippen molar-refractivity contribution in [1.29, 1.82) is 0 Å². The SMILES string of the molecule is COc1cccc(OC)c1OC(=O)c1ccc(S(=O)(=O)N2C[C@H](C)C[C@@H](C)C2)cc1. The summed E-state index contributed by atoms with van der Waals surface area (Å²) in [4.78, 5) is 12.8. The molecule has 0 spiro atoms. The van der Waals surface area contributed by atoms with E-state index in [4.69, 9.17) is 14.2 Å². The summed E-state index contributed by atoms with van der Waals surface area (Å²) in [6.07, 6.45) is 1.02. The largest absolute Gasteiger partial charge is 0.493 e. The number of piperidine rings is 1. The van der Waals surface area contributed by atoms with Crippen LogP contribution in [-0.4, -0.2) is 46.0 Å². The molecule has 162 valence electrons. The van der Waals surface area contributed by atoms with Gasteiger partial charge in [-0.1, -0.05) is 19.9 Å². The highest BCUT2D eigenvalue weighted by molar-refractivity contribution is 7.89. The van der Waals surface area contributed by atoms with Crippen molar-refractivity contribution in [2.24, 2.45) is 11.8 Å². The number of nitrogens with zero attached hydrogens (tertiary/aromatic N) is 1. The second-order valence-corrected chi connectivity index (χ2v) is 9.61. The minimum absolute atomic E-state index is 0.162. The Labute approximate surface area is 177 Å². The minimum Gasteiger partial charge on any atom is -0.493 e. The second-order valence-electron chi connectivity index (χ2n) is 7.67. The van der Waals surface area contributed by atoms with Crippen LogP contribution in [0.1, 0.15) is 30.6 Å². The van der Waals surface area contributed by atoms with Crippen LogP contribution >= 0.6 is 0 Å². The molecule has 7 nitrogen and oxygen atoms in total. The lowest BCUT2D eigenvalue weighted by atomic mass is 9.94. The molecule has 0 radical (unpaired) electrons. The summed E-state index contributed by atoms with van der Waals surface area (Å²) in [5, 5.41) is 0. The van der Waals surface area contributed by atoms with E-state index in [2.05, 4.69) is 13.8 Å². The fourth-order valence-corrected chi connectivity index (χ4v) is 5.46. The van der Waals surface area contributed by atoms with E-state index in [0.717, 1.165) is 6.42 Å². The zero-order chi connectivity index (χ0) is 21.9. The molecule has 0 amide bonds.